The number of hydrogen-bond donors (Lipinski definition) is 1. The molecule has 1 heterocycles. The largest absolute Gasteiger partial charge is 0.407 e. The Morgan fingerprint density at radius 1 is 1.43 bits per heavy atom. The maximum atomic E-state index is 5.33. The Bertz CT molecular complexity index is 262. The lowest BCUT2D eigenvalue weighted by Gasteiger charge is -2.03. The second-order valence-corrected chi connectivity index (χ2v) is 3.04. The molecule has 0 bridgehead atoms. The van der Waals surface area contributed by atoms with Crippen LogP contribution in [0.4, 0.5) is 6.01 Å². The summed E-state index contributed by atoms with van der Waals surface area (Å²) in [4.78, 5) is 1.77. The van der Waals surface area contributed by atoms with Crippen LogP contribution in [-0.4, -0.2) is 44.6 Å². The van der Waals surface area contributed by atoms with Crippen molar-refractivity contribution in [3.8, 4) is 0 Å². The smallest absolute Gasteiger partial charge is 0.317 e. The molecule has 0 spiro atoms. The van der Waals surface area contributed by atoms with Crippen molar-refractivity contribution in [1.29, 1.82) is 0 Å². The zero-order valence-corrected chi connectivity index (χ0v) is 8.78. The molecule has 6 heteroatoms. The topological polar surface area (TPSA) is 63.4 Å². The molecule has 0 amide bonds. The normalized spacial score (nSPS) is 10.5. The van der Waals surface area contributed by atoms with Gasteiger partial charge in [0, 0.05) is 27.7 Å². The van der Waals surface area contributed by atoms with Gasteiger partial charge in [0.15, 0.2) is 0 Å². The van der Waals surface area contributed by atoms with Crippen molar-refractivity contribution >= 4 is 6.01 Å². The van der Waals surface area contributed by atoms with E-state index < -0.39 is 0 Å². The van der Waals surface area contributed by atoms with Crippen LogP contribution in [0.1, 0.15) is 5.89 Å². The number of rotatable bonds is 6. The number of hydrogen-bond acceptors (Lipinski definition) is 6. The zero-order chi connectivity index (χ0) is 10.4. The van der Waals surface area contributed by atoms with Crippen molar-refractivity contribution in [2.24, 2.45) is 0 Å². The Hall–Kier alpha value is -1.14. The maximum absolute atomic E-state index is 5.33. The molecule has 1 N–H and O–H groups in total. The number of aromatic nitrogens is 2. The van der Waals surface area contributed by atoms with E-state index in [9.17, 15) is 0 Å². The monoisotopic (exact) mass is 200 g/mol. The van der Waals surface area contributed by atoms with Gasteiger partial charge in [-0.3, -0.25) is 0 Å². The van der Waals surface area contributed by atoms with Crippen LogP contribution >= 0.6 is 0 Å². The van der Waals surface area contributed by atoms with Gasteiger partial charge >= 0.3 is 6.01 Å². The average Bonchev–Trinajstić information content (AvgIpc) is 2.61. The Morgan fingerprint density at radius 2 is 2.21 bits per heavy atom. The summed E-state index contributed by atoms with van der Waals surface area (Å²) in [6.07, 6.45) is 0. The quantitative estimate of drug-likeness (QED) is 0.645. The molecule has 0 aliphatic carbocycles. The molecule has 0 aliphatic heterocycles. The molecule has 80 valence electrons. The van der Waals surface area contributed by atoms with E-state index in [1.54, 1.807) is 12.0 Å². The van der Waals surface area contributed by atoms with Crippen LogP contribution in [-0.2, 0) is 11.3 Å². The van der Waals surface area contributed by atoms with Crippen molar-refractivity contribution in [1.82, 2.24) is 15.5 Å². The van der Waals surface area contributed by atoms with E-state index in [1.807, 2.05) is 14.1 Å². The van der Waals surface area contributed by atoms with Crippen LogP contribution in [0.3, 0.4) is 0 Å². The van der Waals surface area contributed by atoms with Crippen molar-refractivity contribution in [2.75, 3.05) is 39.3 Å². The molecule has 0 radical (unpaired) electrons. The fraction of sp³-hybridized carbons (Fsp3) is 0.750. The summed E-state index contributed by atoms with van der Waals surface area (Å²) in [7, 11) is 5.38. The van der Waals surface area contributed by atoms with Gasteiger partial charge in [-0.1, -0.05) is 5.10 Å². The molecule has 1 rings (SSSR count). The van der Waals surface area contributed by atoms with E-state index >= 15 is 0 Å². The third kappa shape index (κ3) is 3.31. The van der Waals surface area contributed by atoms with Gasteiger partial charge in [0.25, 0.3) is 0 Å². The molecular formula is C8H16N4O2. The lowest BCUT2D eigenvalue weighted by atomic mass is 10.6. The highest BCUT2D eigenvalue weighted by molar-refractivity contribution is 5.19. The summed E-state index contributed by atoms with van der Waals surface area (Å²) < 4.78 is 10.2. The van der Waals surface area contributed by atoms with Crippen LogP contribution in [0.5, 0.6) is 0 Å². The standard InChI is InChI=1S/C8H16N4O2/c1-12(2)8-11-10-7(14-8)6-9-4-5-13-3/h9H,4-6H2,1-3H3. The molecule has 6 nitrogen and oxygen atoms in total. The van der Waals surface area contributed by atoms with E-state index in [0.717, 1.165) is 6.54 Å². The number of ether oxygens (including phenoxy) is 1. The van der Waals surface area contributed by atoms with Crippen molar-refractivity contribution < 1.29 is 9.15 Å². The minimum atomic E-state index is 0.522. The van der Waals surface area contributed by atoms with Gasteiger partial charge in [0.2, 0.25) is 5.89 Å². The predicted octanol–water partition coefficient (Wildman–Crippen LogP) is -0.128. The Labute approximate surface area is 83.2 Å². The fourth-order valence-corrected chi connectivity index (χ4v) is 0.866. The number of nitrogens with zero attached hydrogens (tertiary/aromatic N) is 3. The Morgan fingerprint density at radius 3 is 2.79 bits per heavy atom. The molecule has 0 aromatic carbocycles. The first-order chi connectivity index (χ1) is 6.74. The molecule has 1 aromatic heterocycles. The lowest BCUT2D eigenvalue weighted by molar-refractivity contribution is 0.198. The van der Waals surface area contributed by atoms with Crippen molar-refractivity contribution in [3.63, 3.8) is 0 Å². The summed E-state index contributed by atoms with van der Waals surface area (Å²) in [6.45, 7) is 2.02. The first kappa shape index (κ1) is 10.9. The highest BCUT2D eigenvalue weighted by Gasteiger charge is 2.06. The van der Waals surface area contributed by atoms with Crippen molar-refractivity contribution in [2.45, 2.75) is 6.54 Å². The first-order valence-electron chi connectivity index (χ1n) is 4.43. The molecule has 0 saturated heterocycles. The van der Waals surface area contributed by atoms with Gasteiger partial charge in [0.05, 0.1) is 13.2 Å². The number of anilines is 1. The minimum absolute atomic E-state index is 0.522. The molecule has 1 aromatic rings. The van der Waals surface area contributed by atoms with Gasteiger partial charge in [-0.15, -0.1) is 5.10 Å². The highest BCUT2D eigenvalue weighted by atomic mass is 16.5. The Balaban J connectivity index is 2.29. The number of nitrogens with one attached hydrogen (secondary N) is 1. The summed E-state index contributed by atoms with van der Waals surface area (Å²) in [5.41, 5.74) is 0. The summed E-state index contributed by atoms with van der Waals surface area (Å²) in [5.74, 6) is 0.588. The molecular weight excluding hydrogens is 184 g/mol. The summed E-state index contributed by atoms with van der Waals surface area (Å²) in [5, 5.41) is 10.8. The van der Waals surface area contributed by atoms with E-state index in [2.05, 4.69) is 15.5 Å². The molecule has 0 aliphatic rings. The fourth-order valence-electron chi connectivity index (χ4n) is 0.866. The van der Waals surface area contributed by atoms with Crippen LogP contribution in [0, 0.1) is 0 Å². The second kappa shape index (κ2) is 5.56. The van der Waals surface area contributed by atoms with Gasteiger partial charge < -0.3 is 19.4 Å². The van der Waals surface area contributed by atoms with Gasteiger partial charge in [0.1, 0.15) is 0 Å². The molecule has 0 fully saturated rings. The van der Waals surface area contributed by atoms with Crippen LogP contribution < -0.4 is 10.2 Å². The SMILES string of the molecule is COCCNCc1nnc(N(C)C)o1. The number of methoxy groups -OCH3 is 1. The van der Waals surface area contributed by atoms with E-state index in [4.69, 9.17) is 9.15 Å². The maximum Gasteiger partial charge on any atom is 0.317 e. The van der Waals surface area contributed by atoms with Crippen LogP contribution in [0.25, 0.3) is 0 Å². The lowest BCUT2D eigenvalue weighted by Crippen LogP contribution is -2.18. The summed E-state index contributed by atoms with van der Waals surface area (Å²) in [6, 6.07) is 0.522. The van der Waals surface area contributed by atoms with E-state index in [0.29, 0.717) is 25.1 Å². The zero-order valence-electron chi connectivity index (χ0n) is 8.78. The van der Waals surface area contributed by atoms with Crippen molar-refractivity contribution in [3.05, 3.63) is 5.89 Å². The first-order valence-corrected chi connectivity index (χ1v) is 4.43. The predicted molar refractivity (Wildman–Crippen MR) is 52.2 cm³/mol. The summed E-state index contributed by atoms with van der Waals surface area (Å²) >= 11 is 0. The van der Waals surface area contributed by atoms with Crippen LogP contribution in [0.2, 0.25) is 0 Å². The van der Waals surface area contributed by atoms with Gasteiger partial charge in [-0.05, 0) is 0 Å². The van der Waals surface area contributed by atoms with Gasteiger partial charge in [-0.2, -0.15) is 0 Å². The van der Waals surface area contributed by atoms with Crippen LogP contribution in [0.15, 0.2) is 4.42 Å². The average molecular weight is 200 g/mol. The van der Waals surface area contributed by atoms with E-state index in [-0.39, 0.29) is 0 Å². The second-order valence-electron chi connectivity index (χ2n) is 3.04. The third-order valence-corrected chi connectivity index (χ3v) is 1.60. The highest BCUT2D eigenvalue weighted by Crippen LogP contribution is 2.07. The molecule has 0 saturated carbocycles. The van der Waals surface area contributed by atoms with E-state index in [1.165, 1.54) is 0 Å². The third-order valence-electron chi connectivity index (χ3n) is 1.60. The Kier molecular flexibility index (Phi) is 4.34. The minimum Gasteiger partial charge on any atom is -0.407 e. The van der Waals surface area contributed by atoms with Gasteiger partial charge in [-0.25, -0.2) is 0 Å². The molecule has 0 atom stereocenters. The molecule has 14 heavy (non-hydrogen) atoms. The molecule has 0 unspecified atom stereocenters.